The zero-order valence-corrected chi connectivity index (χ0v) is 13.8. The molecule has 0 aliphatic carbocycles. The number of ether oxygens (including phenoxy) is 1. The molecule has 0 amide bonds. The Morgan fingerprint density at radius 2 is 2.24 bits per heavy atom. The number of nitrogens with one attached hydrogen (secondary N) is 1. The summed E-state index contributed by atoms with van der Waals surface area (Å²) in [7, 11) is 0. The smallest absolute Gasteiger partial charge is 0.320 e. The van der Waals surface area contributed by atoms with Crippen molar-refractivity contribution >= 4 is 28.0 Å². The summed E-state index contributed by atoms with van der Waals surface area (Å²) in [5, 5.41) is 12.3. The van der Waals surface area contributed by atoms with Gasteiger partial charge in [-0.3, -0.25) is 4.79 Å². The van der Waals surface area contributed by atoms with Gasteiger partial charge in [-0.25, -0.2) is 0 Å². The van der Waals surface area contributed by atoms with Gasteiger partial charge in [0.25, 0.3) is 0 Å². The third-order valence-corrected chi connectivity index (χ3v) is 3.82. The average Bonchev–Trinajstić information content (AvgIpc) is 2.42. The van der Waals surface area contributed by atoms with Crippen molar-refractivity contribution in [2.24, 2.45) is 5.92 Å². The Bertz CT molecular complexity index is 554. The standard InChI is InChI=1S/C16H20BrNO3/c1-10(2)5-14(16(19)20)18-8-11-6-12-7-13(17)3-4-15(12)21-9-11/h3-4,6-7,10,14,18H,5,8-9H2,1-2H3,(H,19,20)/t14-/m0/s1. The molecule has 1 heterocycles. The second-order valence-electron chi connectivity index (χ2n) is 5.67. The van der Waals surface area contributed by atoms with Crippen LogP contribution in [0, 0.1) is 5.92 Å². The lowest BCUT2D eigenvalue weighted by atomic mass is 10.0. The summed E-state index contributed by atoms with van der Waals surface area (Å²) < 4.78 is 6.69. The maximum atomic E-state index is 11.2. The Hall–Kier alpha value is -1.33. The van der Waals surface area contributed by atoms with E-state index in [1.54, 1.807) is 0 Å². The summed E-state index contributed by atoms with van der Waals surface area (Å²) in [6.07, 6.45) is 2.68. The van der Waals surface area contributed by atoms with Crippen LogP contribution in [0.3, 0.4) is 0 Å². The highest BCUT2D eigenvalue weighted by molar-refractivity contribution is 9.10. The highest BCUT2D eigenvalue weighted by Gasteiger charge is 2.19. The Balaban J connectivity index is 2.02. The van der Waals surface area contributed by atoms with E-state index in [1.807, 2.05) is 32.0 Å². The minimum absolute atomic E-state index is 0.340. The topological polar surface area (TPSA) is 58.6 Å². The monoisotopic (exact) mass is 353 g/mol. The van der Waals surface area contributed by atoms with Crippen molar-refractivity contribution in [2.45, 2.75) is 26.3 Å². The Labute approximate surface area is 133 Å². The van der Waals surface area contributed by atoms with Gasteiger partial charge in [0.2, 0.25) is 0 Å². The molecule has 1 aromatic rings. The molecule has 0 fully saturated rings. The van der Waals surface area contributed by atoms with Crippen molar-refractivity contribution in [1.82, 2.24) is 5.32 Å². The highest BCUT2D eigenvalue weighted by atomic mass is 79.9. The van der Waals surface area contributed by atoms with Gasteiger partial charge < -0.3 is 15.2 Å². The van der Waals surface area contributed by atoms with Gasteiger partial charge in [0.1, 0.15) is 18.4 Å². The molecule has 114 valence electrons. The van der Waals surface area contributed by atoms with E-state index in [1.165, 1.54) is 0 Å². The van der Waals surface area contributed by atoms with Crippen LogP contribution in [0.15, 0.2) is 28.2 Å². The molecular weight excluding hydrogens is 334 g/mol. The zero-order chi connectivity index (χ0) is 15.4. The first-order chi connectivity index (χ1) is 9.95. The van der Waals surface area contributed by atoms with Crippen LogP contribution in [-0.2, 0) is 4.79 Å². The van der Waals surface area contributed by atoms with Gasteiger partial charge in [0.15, 0.2) is 0 Å². The summed E-state index contributed by atoms with van der Waals surface area (Å²) in [5.74, 6) is 0.398. The van der Waals surface area contributed by atoms with Crippen LogP contribution in [0.2, 0.25) is 0 Å². The summed E-state index contributed by atoms with van der Waals surface area (Å²) >= 11 is 3.44. The summed E-state index contributed by atoms with van der Waals surface area (Å²) in [4.78, 5) is 11.2. The number of hydrogen-bond donors (Lipinski definition) is 2. The lowest BCUT2D eigenvalue weighted by Crippen LogP contribution is -2.39. The molecule has 1 aromatic carbocycles. The molecule has 0 unspecified atom stereocenters. The number of halogens is 1. The van der Waals surface area contributed by atoms with E-state index in [4.69, 9.17) is 4.74 Å². The lowest BCUT2D eigenvalue weighted by Gasteiger charge is -2.21. The van der Waals surface area contributed by atoms with Gasteiger partial charge in [-0.15, -0.1) is 0 Å². The van der Waals surface area contributed by atoms with Crippen LogP contribution in [0.4, 0.5) is 0 Å². The fourth-order valence-electron chi connectivity index (χ4n) is 2.29. The molecule has 1 atom stereocenters. The summed E-state index contributed by atoms with van der Waals surface area (Å²) in [5.41, 5.74) is 2.07. The second-order valence-corrected chi connectivity index (χ2v) is 6.59. The van der Waals surface area contributed by atoms with E-state index in [0.717, 1.165) is 21.4 Å². The predicted octanol–water partition coefficient (Wildman–Crippen LogP) is 3.31. The van der Waals surface area contributed by atoms with Crippen molar-refractivity contribution in [2.75, 3.05) is 13.2 Å². The van der Waals surface area contributed by atoms with Crippen molar-refractivity contribution in [3.05, 3.63) is 33.8 Å². The molecule has 0 saturated carbocycles. The van der Waals surface area contributed by atoms with Crippen LogP contribution >= 0.6 is 15.9 Å². The molecule has 4 nitrogen and oxygen atoms in total. The van der Waals surface area contributed by atoms with Crippen molar-refractivity contribution in [3.8, 4) is 5.75 Å². The Kier molecular flexibility index (Phi) is 5.42. The van der Waals surface area contributed by atoms with E-state index in [0.29, 0.717) is 25.5 Å². The fourth-order valence-corrected chi connectivity index (χ4v) is 2.67. The van der Waals surface area contributed by atoms with Gasteiger partial charge in [-0.1, -0.05) is 29.8 Å². The average molecular weight is 354 g/mol. The second kappa shape index (κ2) is 7.09. The number of aliphatic carboxylic acids is 1. The maximum Gasteiger partial charge on any atom is 0.320 e. The van der Waals surface area contributed by atoms with Crippen molar-refractivity contribution < 1.29 is 14.6 Å². The molecule has 0 radical (unpaired) electrons. The molecule has 0 saturated heterocycles. The van der Waals surface area contributed by atoms with Gasteiger partial charge in [-0.05, 0) is 42.2 Å². The van der Waals surface area contributed by atoms with Crippen LogP contribution in [0.25, 0.3) is 6.08 Å². The molecule has 2 rings (SSSR count). The van der Waals surface area contributed by atoms with Crippen molar-refractivity contribution in [1.29, 1.82) is 0 Å². The first-order valence-corrected chi connectivity index (χ1v) is 7.83. The minimum atomic E-state index is -0.802. The number of carbonyl (C=O) groups is 1. The molecule has 1 aliphatic heterocycles. The van der Waals surface area contributed by atoms with Gasteiger partial charge in [-0.2, -0.15) is 0 Å². The van der Waals surface area contributed by atoms with E-state index in [2.05, 4.69) is 27.3 Å². The lowest BCUT2D eigenvalue weighted by molar-refractivity contribution is -0.139. The number of carboxylic acids is 1. The van der Waals surface area contributed by atoms with E-state index < -0.39 is 12.0 Å². The minimum Gasteiger partial charge on any atom is -0.489 e. The van der Waals surface area contributed by atoms with Crippen LogP contribution in [0.5, 0.6) is 5.75 Å². The summed E-state index contributed by atoms with van der Waals surface area (Å²) in [6, 6.07) is 5.35. The molecular formula is C16H20BrNO3. The molecule has 1 aliphatic rings. The number of carboxylic acid groups (broad SMARTS) is 1. The highest BCUT2D eigenvalue weighted by Crippen LogP contribution is 2.28. The zero-order valence-electron chi connectivity index (χ0n) is 12.2. The molecule has 2 N–H and O–H groups in total. The summed E-state index contributed by atoms with van der Waals surface area (Å²) in [6.45, 7) is 5.06. The van der Waals surface area contributed by atoms with E-state index in [-0.39, 0.29) is 0 Å². The fraction of sp³-hybridized carbons (Fsp3) is 0.438. The molecule has 0 bridgehead atoms. The molecule has 5 heteroatoms. The van der Waals surface area contributed by atoms with Gasteiger partial charge in [0, 0.05) is 16.6 Å². The third kappa shape index (κ3) is 4.58. The quantitative estimate of drug-likeness (QED) is 0.823. The first-order valence-electron chi connectivity index (χ1n) is 7.03. The van der Waals surface area contributed by atoms with Gasteiger partial charge >= 0.3 is 5.97 Å². The molecule has 0 spiro atoms. The van der Waals surface area contributed by atoms with Crippen LogP contribution in [-0.4, -0.2) is 30.3 Å². The Morgan fingerprint density at radius 3 is 2.90 bits per heavy atom. The predicted molar refractivity (Wildman–Crippen MR) is 86.5 cm³/mol. The number of hydrogen-bond acceptors (Lipinski definition) is 3. The van der Waals surface area contributed by atoms with E-state index in [9.17, 15) is 9.90 Å². The van der Waals surface area contributed by atoms with Crippen molar-refractivity contribution in [3.63, 3.8) is 0 Å². The van der Waals surface area contributed by atoms with Crippen LogP contribution < -0.4 is 10.1 Å². The first kappa shape index (κ1) is 16.0. The Morgan fingerprint density at radius 1 is 1.48 bits per heavy atom. The number of fused-ring (bicyclic) bond motifs is 1. The molecule has 0 aromatic heterocycles. The normalized spacial score (nSPS) is 15.1. The number of rotatable bonds is 6. The number of benzene rings is 1. The van der Waals surface area contributed by atoms with E-state index >= 15 is 0 Å². The van der Waals surface area contributed by atoms with Gasteiger partial charge in [0.05, 0.1) is 0 Å². The largest absolute Gasteiger partial charge is 0.489 e. The molecule has 21 heavy (non-hydrogen) atoms. The SMILES string of the molecule is CC(C)C[C@H](NCC1=Cc2cc(Br)ccc2OC1)C(=O)O. The maximum absolute atomic E-state index is 11.2. The van der Waals surface area contributed by atoms with Crippen LogP contribution in [0.1, 0.15) is 25.8 Å². The third-order valence-electron chi connectivity index (χ3n) is 3.33.